The molecule has 0 fully saturated rings. The van der Waals surface area contributed by atoms with Gasteiger partial charge in [0.1, 0.15) is 5.75 Å². The lowest BCUT2D eigenvalue weighted by atomic mass is 10.1. The van der Waals surface area contributed by atoms with Gasteiger partial charge in [-0.1, -0.05) is 28.1 Å². The lowest BCUT2D eigenvalue weighted by molar-refractivity contribution is 0.473. The molecule has 3 heteroatoms. The van der Waals surface area contributed by atoms with Crippen LogP contribution in [0.5, 0.6) is 5.75 Å². The lowest BCUT2D eigenvalue weighted by Crippen LogP contribution is -1.75. The van der Waals surface area contributed by atoms with E-state index in [1.165, 1.54) is 0 Å². The molecule has 0 unspecified atom stereocenters. The van der Waals surface area contributed by atoms with Crippen molar-refractivity contribution in [1.82, 2.24) is 0 Å². The van der Waals surface area contributed by atoms with Crippen molar-refractivity contribution in [2.24, 2.45) is 0 Å². The third-order valence-electron chi connectivity index (χ3n) is 1.90. The Morgan fingerprint density at radius 1 is 1.00 bits per heavy atom. The first kappa shape index (κ1) is 9.03. The zero-order valence-corrected chi connectivity index (χ0v) is 9.76. The first-order valence-electron chi connectivity index (χ1n) is 3.75. The molecule has 0 radical (unpaired) electrons. The molecule has 2 aromatic carbocycles. The fourth-order valence-corrected chi connectivity index (χ4v) is 2.08. The van der Waals surface area contributed by atoms with Crippen LogP contribution in [0.2, 0.25) is 0 Å². The molecule has 0 aliphatic carbocycles. The predicted molar refractivity (Wildman–Crippen MR) is 61.0 cm³/mol. The van der Waals surface area contributed by atoms with E-state index in [1.807, 2.05) is 24.3 Å². The molecule has 0 saturated carbocycles. The minimum atomic E-state index is 0.269. The second-order valence-electron chi connectivity index (χ2n) is 2.76. The van der Waals surface area contributed by atoms with Gasteiger partial charge in [-0.05, 0) is 39.5 Å². The summed E-state index contributed by atoms with van der Waals surface area (Å²) < 4.78 is 1.75. The number of benzene rings is 2. The average Bonchev–Trinajstić information content (AvgIpc) is 2.12. The Bertz CT molecular complexity index is 460. The number of halogens is 2. The van der Waals surface area contributed by atoms with Gasteiger partial charge in [0.15, 0.2) is 0 Å². The molecule has 0 aliphatic heterocycles. The third-order valence-corrected chi connectivity index (χ3v) is 3.22. The number of phenols is 1. The molecule has 1 N–H and O–H groups in total. The SMILES string of the molecule is Oc1ccc2ccc(Br)cc2c1Br. The Kier molecular flexibility index (Phi) is 2.30. The molecule has 0 aromatic heterocycles. The van der Waals surface area contributed by atoms with Crippen LogP contribution in [-0.4, -0.2) is 5.11 Å². The molecule has 0 saturated heterocycles. The minimum Gasteiger partial charge on any atom is -0.507 e. The van der Waals surface area contributed by atoms with E-state index in [0.29, 0.717) is 0 Å². The van der Waals surface area contributed by atoms with Crippen LogP contribution in [0.15, 0.2) is 39.3 Å². The summed E-state index contributed by atoms with van der Waals surface area (Å²) in [5, 5.41) is 11.6. The topological polar surface area (TPSA) is 20.2 Å². The van der Waals surface area contributed by atoms with Gasteiger partial charge in [0.25, 0.3) is 0 Å². The summed E-state index contributed by atoms with van der Waals surface area (Å²) in [7, 11) is 0. The van der Waals surface area contributed by atoms with Gasteiger partial charge in [-0.25, -0.2) is 0 Å². The van der Waals surface area contributed by atoms with Crippen LogP contribution >= 0.6 is 31.9 Å². The molecule has 2 rings (SSSR count). The van der Waals surface area contributed by atoms with Crippen LogP contribution in [-0.2, 0) is 0 Å². The number of rotatable bonds is 0. The highest BCUT2D eigenvalue weighted by atomic mass is 79.9. The summed E-state index contributed by atoms with van der Waals surface area (Å²) in [6.45, 7) is 0. The summed E-state index contributed by atoms with van der Waals surface area (Å²) in [6.07, 6.45) is 0. The van der Waals surface area contributed by atoms with Crippen molar-refractivity contribution in [2.75, 3.05) is 0 Å². The van der Waals surface area contributed by atoms with E-state index in [9.17, 15) is 5.11 Å². The standard InChI is InChI=1S/C10H6Br2O/c11-7-3-1-6-2-4-9(13)10(12)8(6)5-7/h1-5,13H. The highest BCUT2D eigenvalue weighted by molar-refractivity contribution is 9.11. The molecule has 0 spiro atoms. The van der Waals surface area contributed by atoms with Gasteiger partial charge >= 0.3 is 0 Å². The van der Waals surface area contributed by atoms with E-state index < -0.39 is 0 Å². The largest absolute Gasteiger partial charge is 0.507 e. The number of hydrogen-bond acceptors (Lipinski definition) is 1. The second-order valence-corrected chi connectivity index (χ2v) is 4.47. The van der Waals surface area contributed by atoms with Gasteiger partial charge in [0.05, 0.1) is 4.47 Å². The normalized spacial score (nSPS) is 10.6. The van der Waals surface area contributed by atoms with Gasteiger partial charge in [0, 0.05) is 9.86 Å². The molecule has 13 heavy (non-hydrogen) atoms. The van der Waals surface area contributed by atoms with Gasteiger partial charge in [0.2, 0.25) is 0 Å². The fourth-order valence-electron chi connectivity index (χ4n) is 1.24. The lowest BCUT2D eigenvalue weighted by Gasteiger charge is -2.03. The first-order valence-corrected chi connectivity index (χ1v) is 5.34. The third kappa shape index (κ3) is 1.58. The van der Waals surface area contributed by atoms with Gasteiger partial charge in [-0.15, -0.1) is 0 Å². The second kappa shape index (κ2) is 3.31. The van der Waals surface area contributed by atoms with Crippen LogP contribution in [0.1, 0.15) is 0 Å². The smallest absolute Gasteiger partial charge is 0.130 e. The highest BCUT2D eigenvalue weighted by Gasteiger charge is 2.03. The van der Waals surface area contributed by atoms with Crippen LogP contribution in [0.3, 0.4) is 0 Å². The molecule has 1 nitrogen and oxygen atoms in total. The predicted octanol–water partition coefficient (Wildman–Crippen LogP) is 4.07. The fraction of sp³-hybridized carbons (Fsp3) is 0. The average molecular weight is 302 g/mol. The molecule has 0 amide bonds. The van der Waals surface area contributed by atoms with Crippen molar-refractivity contribution in [3.8, 4) is 5.75 Å². The van der Waals surface area contributed by atoms with Crippen molar-refractivity contribution >= 4 is 42.6 Å². The maximum absolute atomic E-state index is 9.45. The van der Waals surface area contributed by atoms with Crippen LogP contribution in [0, 0.1) is 0 Å². The molecule has 0 bridgehead atoms. The van der Waals surface area contributed by atoms with Gasteiger partial charge < -0.3 is 5.11 Å². The quantitative estimate of drug-likeness (QED) is 0.778. The van der Waals surface area contributed by atoms with E-state index in [2.05, 4.69) is 31.9 Å². The molecule has 2 aromatic rings. The van der Waals surface area contributed by atoms with Crippen LogP contribution < -0.4 is 0 Å². The van der Waals surface area contributed by atoms with E-state index in [-0.39, 0.29) is 5.75 Å². The highest BCUT2D eigenvalue weighted by Crippen LogP contribution is 2.33. The first-order chi connectivity index (χ1) is 6.18. The summed E-state index contributed by atoms with van der Waals surface area (Å²) in [5.74, 6) is 0.269. The molecule has 0 atom stereocenters. The van der Waals surface area contributed by atoms with Gasteiger partial charge in [-0.3, -0.25) is 0 Å². The maximum atomic E-state index is 9.45. The maximum Gasteiger partial charge on any atom is 0.130 e. The Balaban J connectivity index is 2.89. The van der Waals surface area contributed by atoms with Gasteiger partial charge in [-0.2, -0.15) is 0 Å². The zero-order valence-electron chi connectivity index (χ0n) is 6.59. The molecule has 0 aliphatic rings. The summed E-state index contributed by atoms with van der Waals surface area (Å²) in [6, 6.07) is 9.52. The Hall–Kier alpha value is -0.540. The number of hydrogen-bond donors (Lipinski definition) is 1. The molecular weight excluding hydrogens is 296 g/mol. The van der Waals surface area contributed by atoms with E-state index in [0.717, 1.165) is 19.7 Å². The van der Waals surface area contributed by atoms with E-state index in [1.54, 1.807) is 6.07 Å². The molecule has 66 valence electrons. The van der Waals surface area contributed by atoms with Crippen molar-refractivity contribution in [1.29, 1.82) is 0 Å². The van der Waals surface area contributed by atoms with Crippen LogP contribution in [0.25, 0.3) is 10.8 Å². The van der Waals surface area contributed by atoms with Crippen molar-refractivity contribution in [3.05, 3.63) is 39.3 Å². The number of fused-ring (bicyclic) bond motifs is 1. The van der Waals surface area contributed by atoms with Crippen LogP contribution in [0.4, 0.5) is 0 Å². The zero-order chi connectivity index (χ0) is 9.42. The minimum absolute atomic E-state index is 0.269. The van der Waals surface area contributed by atoms with E-state index in [4.69, 9.17) is 0 Å². The summed E-state index contributed by atoms with van der Waals surface area (Å²) >= 11 is 6.73. The summed E-state index contributed by atoms with van der Waals surface area (Å²) in [4.78, 5) is 0. The van der Waals surface area contributed by atoms with Crippen molar-refractivity contribution in [2.45, 2.75) is 0 Å². The van der Waals surface area contributed by atoms with E-state index >= 15 is 0 Å². The number of phenolic OH excluding ortho intramolecular Hbond substituents is 1. The van der Waals surface area contributed by atoms with Crippen molar-refractivity contribution < 1.29 is 5.11 Å². The Labute approximate surface area is 92.6 Å². The molecule has 0 heterocycles. The Morgan fingerprint density at radius 2 is 1.69 bits per heavy atom. The van der Waals surface area contributed by atoms with Crippen molar-refractivity contribution in [3.63, 3.8) is 0 Å². The molecular formula is C10H6Br2O. The summed E-state index contributed by atoms with van der Waals surface area (Å²) in [5.41, 5.74) is 0. The number of aromatic hydroxyl groups is 1. The monoisotopic (exact) mass is 300 g/mol. The Morgan fingerprint density at radius 3 is 2.46 bits per heavy atom.